The number of aliphatic carboxylic acids is 1. The Hall–Kier alpha value is -5.27. The third-order valence-corrected chi connectivity index (χ3v) is 5.27. The monoisotopic (exact) mass is 587 g/mol. The molecule has 0 bridgehead atoms. The molecular weight excluding hydrogens is 559 g/mol. The fourth-order valence-electron chi connectivity index (χ4n) is 3.40. The summed E-state index contributed by atoms with van der Waals surface area (Å²) in [5.41, 5.74) is 2.32. The van der Waals surface area contributed by atoms with Crippen molar-refractivity contribution in [2.24, 2.45) is 0 Å². The Kier molecular flexibility index (Phi) is 13.1. The minimum Gasteiger partial charge on any atom is -0.481 e. The van der Waals surface area contributed by atoms with E-state index in [9.17, 15) is 32.3 Å². The molecule has 5 N–H and O–H groups in total. The van der Waals surface area contributed by atoms with Crippen molar-refractivity contribution in [3.63, 3.8) is 0 Å². The minimum absolute atomic E-state index is 0.249. The lowest BCUT2D eigenvalue weighted by atomic mass is 10.1. The van der Waals surface area contributed by atoms with E-state index in [4.69, 9.17) is 9.90 Å². The zero-order valence-electron chi connectivity index (χ0n) is 22.1. The molecule has 2 aromatic carbocycles. The number of carbonyl (C=O) groups is 5. The molecule has 222 valence electrons. The van der Waals surface area contributed by atoms with Crippen molar-refractivity contribution in [3.05, 3.63) is 95.8 Å². The molecule has 1 aromatic heterocycles. The zero-order chi connectivity index (χ0) is 31.0. The summed E-state index contributed by atoms with van der Waals surface area (Å²) in [4.78, 5) is 60.9. The third-order valence-electron chi connectivity index (χ3n) is 5.27. The van der Waals surface area contributed by atoms with Crippen LogP contribution in [0.1, 0.15) is 33.9 Å². The van der Waals surface area contributed by atoms with E-state index in [1.165, 1.54) is 12.3 Å². The van der Waals surface area contributed by atoms with Gasteiger partial charge in [0.15, 0.2) is 0 Å². The van der Waals surface area contributed by atoms with Gasteiger partial charge >= 0.3 is 18.2 Å². The molecule has 0 saturated carbocycles. The van der Waals surface area contributed by atoms with Crippen molar-refractivity contribution in [1.82, 2.24) is 20.9 Å². The maximum Gasteiger partial charge on any atom is 0.446 e. The molecule has 3 aromatic rings. The quantitative estimate of drug-likeness (QED) is 0.215. The molecule has 42 heavy (non-hydrogen) atoms. The van der Waals surface area contributed by atoms with E-state index in [-0.39, 0.29) is 18.5 Å². The first-order chi connectivity index (χ1) is 20.0. The lowest BCUT2D eigenvalue weighted by Crippen LogP contribution is -2.39. The first-order valence-electron chi connectivity index (χ1n) is 12.4. The lowest BCUT2D eigenvalue weighted by Gasteiger charge is -2.17. The SMILES string of the molecule is O=C(O)CC(NC(=O)CNC(=O)c1cccc(NC(=O)NCCc2ccccc2)c1)c1cccnc1.O=CC(F)(F)F. The normalized spacial score (nSPS) is 11.1. The van der Waals surface area contributed by atoms with E-state index < -0.39 is 42.3 Å². The molecule has 4 amide bonds. The number of pyridine rings is 1. The Labute approximate surface area is 238 Å². The van der Waals surface area contributed by atoms with Gasteiger partial charge in [0.1, 0.15) is 0 Å². The Morgan fingerprint density at radius 2 is 1.67 bits per heavy atom. The predicted molar refractivity (Wildman–Crippen MR) is 145 cm³/mol. The summed E-state index contributed by atoms with van der Waals surface area (Å²) in [5, 5.41) is 19.7. The summed E-state index contributed by atoms with van der Waals surface area (Å²) in [5.74, 6) is -2.15. The molecule has 1 unspecified atom stereocenters. The largest absolute Gasteiger partial charge is 0.481 e. The van der Waals surface area contributed by atoms with Crippen LogP contribution in [-0.2, 0) is 20.8 Å². The molecule has 0 saturated heterocycles. The minimum atomic E-state index is -4.64. The summed E-state index contributed by atoms with van der Waals surface area (Å²) >= 11 is 0. The summed E-state index contributed by atoms with van der Waals surface area (Å²) in [6.07, 6.45) is -2.32. The molecule has 14 heteroatoms. The number of aldehydes is 1. The molecule has 0 spiro atoms. The van der Waals surface area contributed by atoms with Crippen molar-refractivity contribution >= 4 is 35.8 Å². The van der Waals surface area contributed by atoms with E-state index in [1.54, 1.807) is 36.5 Å². The van der Waals surface area contributed by atoms with Crippen molar-refractivity contribution in [1.29, 1.82) is 0 Å². The number of hydrogen-bond donors (Lipinski definition) is 5. The van der Waals surface area contributed by atoms with Crippen LogP contribution in [0.5, 0.6) is 0 Å². The number of alkyl halides is 3. The Morgan fingerprint density at radius 1 is 0.952 bits per heavy atom. The van der Waals surface area contributed by atoms with Crippen LogP contribution in [0.15, 0.2) is 79.1 Å². The van der Waals surface area contributed by atoms with Crippen molar-refractivity contribution in [2.75, 3.05) is 18.4 Å². The molecule has 11 nitrogen and oxygen atoms in total. The summed E-state index contributed by atoms with van der Waals surface area (Å²) < 4.78 is 31.2. The molecule has 1 heterocycles. The van der Waals surface area contributed by atoms with Crippen molar-refractivity contribution in [2.45, 2.75) is 25.1 Å². The lowest BCUT2D eigenvalue weighted by molar-refractivity contribution is -0.156. The van der Waals surface area contributed by atoms with Crippen LogP contribution in [0.3, 0.4) is 0 Å². The van der Waals surface area contributed by atoms with Crippen LogP contribution in [0.25, 0.3) is 0 Å². The number of rotatable bonds is 11. The van der Waals surface area contributed by atoms with Gasteiger partial charge < -0.3 is 26.4 Å². The smallest absolute Gasteiger partial charge is 0.446 e. The Morgan fingerprint density at radius 3 is 2.29 bits per heavy atom. The Bertz CT molecular complexity index is 1340. The second-order valence-corrected chi connectivity index (χ2v) is 8.54. The van der Waals surface area contributed by atoms with Gasteiger partial charge in [-0.2, -0.15) is 13.2 Å². The van der Waals surface area contributed by atoms with Gasteiger partial charge in [-0.05, 0) is 41.8 Å². The number of urea groups is 1. The van der Waals surface area contributed by atoms with Crippen LogP contribution >= 0.6 is 0 Å². The molecular formula is C28H28F3N5O6. The molecule has 0 radical (unpaired) electrons. The number of benzene rings is 2. The molecule has 0 aliphatic carbocycles. The Balaban J connectivity index is 0.000000928. The van der Waals surface area contributed by atoms with E-state index in [1.807, 2.05) is 30.3 Å². The maximum atomic E-state index is 12.5. The van der Waals surface area contributed by atoms with Crippen LogP contribution in [0.2, 0.25) is 0 Å². The highest BCUT2D eigenvalue weighted by atomic mass is 19.4. The summed E-state index contributed by atoms with van der Waals surface area (Å²) in [6.45, 7) is 0.0971. The number of carbonyl (C=O) groups excluding carboxylic acids is 4. The number of carboxylic acid groups (broad SMARTS) is 1. The van der Waals surface area contributed by atoms with Gasteiger partial charge in [0.25, 0.3) is 5.91 Å². The van der Waals surface area contributed by atoms with Gasteiger partial charge in [0, 0.05) is 30.2 Å². The van der Waals surface area contributed by atoms with Crippen LogP contribution in [0.4, 0.5) is 23.7 Å². The molecule has 0 fully saturated rings. The standard InChI is InChI=1S/C26H27N5O5.C2HF3O/c32-23(31-22(15-24(33)34)20-9-5-12-27-16-20)17-29-25(35)19-8-4-10-21(14-19)30-26(36)28-13-11-18-6-2-1-3-7-18;3-2(4,5)1-6/h1-10,12,14,16,22H,11,13,15,17H2,(H,29,35)(H,31,32)(H,33,34)(H2,28,30,36);1H. The van der Waals surface area contributed by atoms with Crippen LogP contribution < -0.4 is 21.3 Å². The van der Waals surface area contributed by atoms with Crippen LogP contribution in [0, 0.1) is 0 Å². The number of halogens is 3. The summed E-state index contributed by atoms with van der Waals surface area (Å²) in [7, 11) is 0. The maximum absolute atomic E-state index is 12.5. The van der Waals surface area contributed by atoms with Crippen LogP contribution in [-0.4, -0.2) is 59.5 Å². The number of amides is 4. The molecule has 0 aliphatic heterocycles. The summed E-state index contributed by atoms with van der Waals surface area (Å²) in [6, 6.07) is 18.2. The molecule has 1 atom stereocenters. The predicted octanol–water partition coefficient (Wildman–Crippen LogP) is 3.26. The van der Waals surface area contributed by atoms with Gasteiger partial charge in [0.05, 0.1) is 19.0 Å². The van der Waals surface area contributed by atoms with Gasteiger partial charge in [-0.3, -0.25) is 24.2 Å². The number of nitrogens with zero attached hydrogens (tertiary/aromatic N) is 1. The zero-order valence-corrected chi connectivity index (χ0v) is 22.1. The van der Waals surface area contributed by atoms with Crippen molar-refractivity contribution < 1.29 is 42.3 Å². The van der Waals surface area contributed by atoms with E-state index in [0.717, 1.165) is 5.56 Å². The second kappa shape index (κ2) is 16.7. The first-order valence-corrected chi connectivity index (χ1v) is 12.4. The highest BCUT2D eigenvalue weighted by Gasteiger charge is 2.25. The van der Waals surface area contributed by atoms with Gasteiger partial charge in [0.2, 0.25) is 12.2 Å². The fourth-order valence-corrected chi connectivity index (χ4v) is 3.40. The van der Waals surface area contributed by atoms with E-state index in [2.05, 4.69) is 26.3 Å². The van der Waals surface area contributed by atoms with Crippen molar-refractivity contribution in [3.8, 4) is 0 Å². The highest BCUT2D eigenvalue weighted by Crippen LogP contribution is 2.15. The average molecular weight is 588 g/mol. The number of anilines is 1. The molecule has 3 rings (SSSR count). The van der Waals surface area contributed by atoms with E-state index in [0.29, 0.717) is 24.2 Å². The second-order valence-electron chi connectivity index (χ2n) is 8.54. The fraction of sp³-hybridized carbons (Fsp3) is 0.214. The number of nitrogens with one attached hydrogen (secondary N) is 4. The number of hydrogen-bond acceptors (Lipinski definition) is 6. The topological polar surface area (TPSA) is 167 Å². The number of aromatic nitrogens is 1. The highest BCUT2D eigenvalue weighted by molar-refractivity contribution is 5.98. The third kappa shape index (κ3) is 13.2. The van der Waals surface area contributed by atoms with Gasteiger partial charge in [-0.15, -0.1) is 0 Å². The molecule has 0 aliphatic rings. The van der Waals surface area contributed by atoms with Gasteiger partial charge in [-0.25, -0.2) is 4.79 Å². The first kappa shape index (κ1) is 32.9. The van der Waals surface area contributed by atoms with E-state index >= 15 is 0 Å². The number of carboxylic acids is 1. The average Bonchev–Trinajstić information content (AvgIpc) is 2.96. The van der Waals surface area contributed by atoms with Gasteiger partial charge in [-0.1, -0.05) is 42.5 Å².